The summed E-state index contributed by atoms with van der Waals surface area (Å²) in [6.07, 6.45) is 0. The van der Waals surface area contributed by atoms with Gasteiger partial charge in [-0.3, -0.25) is 0 Å². The molecule has 1 N–H and O–H groups in total. The number of carbonyl (C=O) groups is 1. The Hall–Kier alpha value is -2.23. The Balaban J connectivity index is 0.00000131. The van der Waals surface area contributed by atoms with Crippen LogP contribution in [0.1, 0.15) is 15.9 Å². The van der Waals surface area contributed by atoms with Crippen molar-refractivity contribution in [1.82, 2.24) is 0 Å². The van der Waals surface area contributed by atoms with E-state index in [-0.39, 0.29) is 48.0 Å². The Bertz CT molecular complexity index is 1170. The fourth-order valence-electron chi connectivity index (χ4n) is 3.16. The van der Waals surface area contributed by atoms with Crippen molar-refractivity contribution >= 4 is 16.9 Å². The number of benzene rings is 3. The second kappa shape index (κ2) is 8.20. The van der Waals surface area contributed by atoms with Gasteiger partial charge < -0.3 is 14.9 Å². The maximum atomic E-state index is 11.7. The minimum atomic E-state index is -0.983. The number of carboxylic acids is 1. The second-order valence-electron chi connectivity index (χ2n) is 6.01. The molecule has 1 aliphatic carbocycles. The maximum Gasteiger partial charge on any atom is 0.336 e. The van der Waals surface area contributed by atoms with Crippen molar-refractivity contribution in [3.8, 4) is 22.5 Å². The first-order chi connectivity index (χ1) is 12.0. The summed E-state index contributed by atoms with van der Waals surface area (Å²) in [6, 6.07) is 17.6. The predicted molar refractivity (Wildman–Crippen MR) is 96.5 cm³/mol. The van der Waals surface area contributed by atoms with E-state index in [4.69, 9.17) is 4.42 Å². The molecule has 27 heavy (non-hydrogen) atoms. The van der Waals surface area contributed by atoms with Crippen LogP contribution in [0.3, 0.4) is 0 Å². The third-order valence-corrected chi connectivity index (χ3v) is 4.29. The normalized spacial score (nSPS) is 10.3. The van der Waals surface area contributed by atoms with Crippen molar-refractivity contribution < 1.29 is 51.4 Å². The number of aromatic carboxylic acids is 1. The van der Waals surface area contributed by atoms with Gasteiger partial charge in [0.15, 0.2) is 0 Å². The molecule has 0 unspecified atom stereocenters. The molecule has 0 aromatic heterocycles. The standard InChI is InChI=1S/C21H14NO3.2V/c1-12-6-8-16-18(10-12)25-19-11-13(22)7-9-17(19)20(16)14-4-2-3-5-15(14)21(23)24;;/h2-11H,1H3,(H,23,24);;/q-1;;. The summed E-state index contributed by atoms with van der Waals surface area (Å²) in [5, 5.41) is 20.3. The Kier molecular flexibility index (Phi) is 6.40. The molecule has 0 amide bonds. The van der Waals surface area contributed by atoms with E-state index < -0.39 is 5.97 Å². The Morgan fingerprint density at radius 3 is 2.44 bits per heavy atom. The van der Waals surface area contributed by atoms with Gasteiger partial charge >= 0.3 is 5.97 Å². The molecule has 1 aliphatic heterocycles. The fraction of sp³-hybridized carbons (Fsp3) is 0.0476. The molecule has 0 spiro atoms. The first-order valence-corrected chi connectivity index (χ1v) is 7.86. The van der Waals surface area contributed by atoms with Crippen LogP contribution < -0.4 is 5.36 Å². The van der Waals surface area contributed by atoms with E-state index in [1.807, 2.05) is 31.2 Å². The molecule has 1 heterocycles. The molecule has 6 heteroatoms. The molecular formula is C21H14NO3V2-. The van der Waals surface area contributed by atoms with E-state index in [0.717, 1.165) is 22.1 Å². The molecule has 0 saturated carbocycles. The van der Waals surface area contributed by atoms with Crippen molar-refractivity contribution in [3.63, 3.8) is 0 Å². The van der Waals surface area contributed by atoms with E-state index in [9.17, 15) is 15.3 Å². The molecule has 2 aliphatic rings. The minimum Gasteiger partial charge on any atom is -0.804 e. The van der Waals surface area contributed by atoms with E-state index in [1.54, 1.807) is 36.4 Å². The number of aryl methyl sites for hydroxylation is 1. The van der Waals surface area contributed by atoms with Gasteiger partial charge in [0.25, 0.3) is 0 Å². The van der Waals surface area contributed by atoms with Crippen LogP contribution in [0.5, 0.6) is 0 Å². The summed E-state index contributed by atoms with van der Waals surface area (Å²) < 4.78 is 5.96. The molecule has 4 rings (SSSR count). The second-order valence-corrected chi connectivity index (χ2v) is 6.01. The molecule has 2 aromatic carbocycles. The van der Waals surface area contributed by atoms with Crippen LogP contribution in [0.25, 0.3) is 38.8 Å². The first kappa shape index (κ1) is 21.1. The largest absolute Gasteiger partial charge is 0.804 e. The average molecular weight is 430 g/mol. The van der Waals surface area contributed by atoms with Crippen LogP contribution in [-0.2, 0) is 37.1 Å². The number of hydrogen-bond donors (Lipinski definition) is 1. The average Bonchev–Trinajstić information content (AvgIpc) is 2.59. The van der Waals surface area contributed by atoms with Crippen molar-refractivity contribution in [2.45, 2.75) is 6.92 Å². The van der Waals surface area contributed by atoms with Crippen LogP contribution in [0.15, 0.2) is 65.1 Å². The zero-order valence-electron chi connectivity index (χ0n) is 14.4. The van der Waals surface area contributed by atoms with Crippen molar-refractivity contribution in [2.75, 3.05) is 0 Å². The molecule has 2 radical (unpaired) electrons. The Morgan fingerprint density at radius 2 is 1.70 bits per heavy atom. The third-order valence-electron chi connectivity index (χ3n) is 4.29. The Morgan fingerprint density at radius 1 is 0.963 bits per heavy atom. The summed E-state index contributed by atoms with van der Waals surface area (Å²) in [5.41, 5.74) is 4.07. The molecule has 2 aromatic rings. The van der Waals surface area contributed by atoms with Gasteiger partial charge in [0, 0.05) is 53.6 Å². The molecule has 4 nitrogen and oxygen atoms in total. The molecular weight excluding hydrogens is 416 g/mol. The first-order valence-electron chi connectivity index (χ1n) is 7.86. The van der Waals surface area contributed by atoms with Crippen LogP contribution in [-0.4, -0.2) is 11.1 Å². The van der Waals surface area contributed by atoms with Crippen LogP contribution >= 0.6 is 0 Å². The monoisotopic (exact) mass is 430 g/mol. The summed E-state index contributed by atoms with van der Waals surface area (Å²) in [6.45, 7) is 1.96. The van der Waals surface area contributed by atoms with Crippen LogP contribution in [0.2, 0.25) is 0 Å². The number of carboxylic acid groups (broad SMARTS) is 1. The topological polar surface area (TPSA) is 72.7 Å². The fourth-order valence-corrected chi connectivity index (χ4v) is 3.16. The smallest absolute Gasteiger partial charge is 0.336 e. The van der Waals surface area contributed by atoms with Gasteiger partial charge in [-0.1, -0.05) is 42.5 Å². The Labute approximate surface area is 179 Å². The van der Waals surface area contributed by atoms with Gasteiger partial charge in [0.05, 0.1) is 5.56 Å². The summed E-state index contributed by atoms with van der Waals surface area (Å²) in [4.78, 5) is 11.7. The van der Waals surface area contributed by atoms with Crippen LogP contribution in [0.4, 0.5) is 0 Å². The summed E-state index contributed by atoms with van der Waals surface area (Å²) >= 11 is 0. The van der Waals surface area contributed by atoms with E-state index in [2.05, 4.69) is 0 Å². The summed E-state index contributed by atoms with van der Waals surface area (Å²) in [5.74, 6) is -0.475. The predicted octanol–water partition coefficient (Wildman–Crippen LogP) is 4.68. The van der Waals surface area contributed by atoms with E-state index >= 15 is 0 Å². The van der Waals surface area contributed by atoms with Gasteiger partial charge in [0.1, 0.15) is 11.3 Å². The maximum absolute atomic E-state index is 11.7. The van der Waals surface area contributed by atoms with Crippen molar-refractivity contribution in [2.24, 2.45) is 0 Å². The van der Waals surface area contributed by atoms with Gasteiger partial charge in [-0.05, 0) is 36.2 Å². The molecule has 0 bridgehead atoms. The molecule has 0 fully saturated rings. The minimum absolute atomic E-state index is 0. The molecule has 132 valence electrons. The molecule has 0 atom stereocenters. The van der Waals surface area contributed by atoms with Gasteiger partial charge in [-0.2, -0.15) is 5.36 Å². The van der Waals surface area contributed by atoms with Crippen LogP contribution in [0, 0.1) is 6.92 Å². The number of fused-ring (bicyclic) bond motifs is 2. The third kappa shape index (κ3) is 3.76. The van der Waals surface area contributed by atoms with Gasteiger partial charge in [0.2, 0.25) is 0 Å². The van der Waals surface area contributed by atoms with Gasteiger partial charge in [-0.15, -0.1) is 0 Å². The number of rotatable bonds is 2. The number of hydrogen-bond acceptors (Lipinski definition) is 2. The van der Waals surface area contributed by atoms with Crippen molar-refractivity contribution in [1.29, 1.82) is 0 Å². The SMILES string of the molecule is Cc1ccc2c(-c3ccccc3C(=O)O)c3ccc(=[N-])cc-3oc2c1.[V].[V]. The quantitative estimate of drug-likeness (QED) is 0.470. The molecule has 0 saturated heterocycles. The van der Waals surface area contributed by atoms with Crippen molar-refractivity contribution in [3.05, 3.63) is 82.6 Å². The zero-order chi connectivity index (χ0) is 17.6. The van der Waals surface area contributed by atoms with Gasteiger partial charge in [-0.25, -0.2) is 4.79 Å². The zero-order valence-corrected chi connectivity index (χ0v) is 17.2. The number of nitrogens with zero attached hydrogens (tertiary/aromatic N) is 1. The van der Waals surface area contributed by atoms with E-state index in [1.165, 1.54) is 0 Å². The summed E-state index contributed by atoms with van der Waals surface area (Å²) in [7, 11) is 0. The van der Waals surface area contributed by atoms with E-state index in [0.29, 0.717) is 16.9 Å².